The van der Waals surface area contributed by atoms with Crippen LogP contribution in [0.3, 0.4) is 0 Å². The third-order valence-electron chi connectivity index (χ3n) is 2.64. The van der Waals surface area contributed by atoms with Gasteiger partial charge >= 0.3 is 0 Å². The van der Waals surface area contributed by atoms with Crippen LogP contribution in [0.4, 0.5) is 0 Å². The smallest absolute Gasteiger partial charge is 0.271 e. The topological polar surface area (TPSA) is 54.6 Å². The van der Waals surface area contributed by atoms with Gasteiger partial charge in [-0.2, -0.15) is 5.10 Å². The minimum Gasteiger partial charge on any atom is -0.463 e. The third kappa shape index (κ3) is 3.32. The molecule has 1 N–H and O–H groups in total. The van der Waals surface area contributed by atoms with Gasteiger partial charge in [-0.1, -0.05) is 22.0 Å². The highest BCUT2D eigenvalue weighted by atomic mass is 79.9. The van der Waals surface area contributed by atoms with Gasteiger partial charge in [0.05, 0.1) is 6.26 Å². The first-order valence-electron chi connectivity index (χ1n) is 5.72. The van der Waals surface area contributed by atoms with Crippen molar-refractivity contribution in [2.45, 2.75) is 13.8 Å². The lowest BCUT2D eigenvalue weighted by Crippen LogP contribution is -2.19. The van der Waals surface area contributed by atoms with Crippen LogP contribution in [-0.2, 0) is 0 Å². The number of amides is 1. The zero-order valence-corrected chi connectivity index (χ0v) is 12.2. The second kappa shape index (κ2) is 5.84. The molecule has 2 aromatic rings. The van der Waals surface area contributed by atoms with Gasteiger partial charge in [0.15, 0.2) is 0 Å². The Bertz CT molecular complexity index is 618. The molecule has 0 fully saturated rings. The molecule has 0 saturated carbocycles. The van der Waals surface area contributed by atoms with E-state index in [1.807, 2.05) is 13.0 Å². The number of hydrogen-bond acceptors (Lipinski definition) is 3. The van der Waals surface area contributed by atoms with E-state index in [0.29, 0.717) is 17.0 Å². The Balaban J connectivity index is 2.09. The number of halogens is 1. The molecule has 5 heteroatoms. The first-order valence-corrected chi connectivity index (χ1v) is 6.52. The Labute approximate surface area is 119 Å². The summed E-state index contributed by atoms with van der Waals surface area (Å²) in [6.45, 7) is 3.73. The number of furan rings is 1. The summed E-state index contributed by atoms with van der Waals surface area (Å²) in [6.07, 6.45) is 1.56. The summed E-state index contributed by atoms with van der Waals surface area (Å²) in [6, 6.07) is 8.96. The van der Waals surface area contributed by atoms with Crippen LogP contribution in [0.15, 0.2) is 50.6 Å². The normalized spacial score (nSPS) is 11.4. The molecule has 0 bridgehead atoms. The molecule has 1 heterocycles. The Morgan fingerprint density at radius 3 is 2.79 bits per heavy atom. The number of carbonyl (C=O) groups excluding carboxylic acids is 1. The van der Waals surface area contributed by atoms with E-state index in [9.17, 15) is 4.79 Å². The summed E-state index contributed by atoms with van der Waals surface area (Å²) in [4.78, 5) is 11.9. The maximum absolute atomic E-state index is 11.9. The molecule has 19 heavy (non-hydrogen) atoms. The van der Waals surface area contributed by atoms with Crippen molar-refractivity contribution in [3.05, 3.63) is 58.0 Å². The van der Waals surface area contributed by atoms with Gasteiger partial charge in [0.1, 0.15) is 11.5 Å². The zero-order chi connectivity index (χ0) is 13.8. The van der Waals surface area contributed by atoms with E-state index in [0.717, 1.165) is 10.0 Å². The van der Waals surface area contributed by atoms with Gasteiger partial charge < -0.3 is 4.42 Å². The van der Waals surface area contributed by atoms with Crippen LogP contribution in [0.5, 0.6) is 0 Å². The highest BCUT2D eigenvalue weighted by molar-refractivity contribution is 9.10. The Morgan fingerprint density at radius 1 is 1.37 bits per heavy atom. The molecular weight excluding hydrogens is 308 g/mol. The molecule has 0 aliphatic carbocycles. The molecule has 0 saturated heterocycles. The summed E-state index contributed by atoms with van der Waals surface area (Å²) in [5.41, 5.74) is 4.74. The number of hydrogen-bond donors (Lipinski definition) is 1. The monoisotopic (exact) mass is 320 g/mol. The lowest BCUT2D eigenvalue weighted by Gasteiger charge is -2.03. The standard InChI is InChI=1S/C14H13BrN2O2/c1-9-5-6-11(8-12(9)15)14(18)17-16-10(2)13-4-3-7-19-13/h3-8H,1-2H3,(H,17,18)/b16-10+. The van der Waals surface area contributed by atoms with E-state index in [1.54, 1.807) is 37.5 Å². The summed E-state index contributed by atoms with van der Waals surface area (Å²) < 4.78 is 6.07. The van der Waals surface area contributed by atoms with E-state index in [4.69, 9.17) is 4.42 Å². The van der Waals surface area contributed by atoms with Gasteiger partial charge in [-0.25, -0.2) is 5.43 Å². The lowest BCUT2D eigenvalue weighted by molar-refractivity contribution is 0.0954. The molecule has 1 aromatic carbocycles. The quantitative estimate of drug-likeness (QED) is 0.695. The van der Waals surface area contributed by atoms with Crippen molar-refractivity contribution in [2.24, 2.45) is 5.10 Å². The lowest BCUT2D eigenvalue weighted by atomic mass is 10.1. The van der Waals surface area contributed by atoms with Crippen molar-refractivity contribution in [3.8, 4) is 0 Å². The first-order chi connectivity index (χ1) is 9.08. The van der Waals surface area contributed by atoms with Crippen LogP contribution in [-0.4, -0.2) is 11.6 Å². The summed E-state index contributed by atoms with van der Waals surface area (Å²) in [7, 11) is 0. The highest BCUT2D eigenvalue weighted by Crippen LogP contribution is 2.17. The number of carbonyl (C=O) groups is 1. The maximum Gasteiger partial charge on any atom is 0.271 e. The number of benzene rings is 1. The van der Waals surface area contributed by atoms with E-state index in [-0.39, 0.29) is 5.91 Å². The van der Waals surface area contributed by atoms with Gasteiger partial charge in [0, 0.05) is 10.0 Å². The Morgan fingerprint density at radius 2 is 2.16 bits per heavy atom. The van der Waals surface area contributed by atoms with Crippen molar-refractivity contribution < 1.29 is 9.21 Å². The Hall–Kier alpha value is -1.88. The predicted octanol–water partition coefficient (Wildman–Crippen LogP) is 3.50. The molecule has 0 radical (unpaired) electrons. The molecule has 0 spiro atoms. The SMILES string of the molecule is C/C(=N\NC(=O)c1ccc(C)c(Br)c1)c1ccco1. The van der Waals surface area contributed by atoms with Crippen molar-refractivity contribution >= 4 is 27.5 Å². The van der Waals surface area contributed by atoms with Crippen LogP contribution in [0.1, 0.15) is 28.6 Å². The molecular formula is C14H13BrN2O2. The van der Waals surface area contributed by atoms with Gasteiger partial charge in [-0.05, 0) is 43.7 Å². The summed E-state index contributed by atoms with van der Waals surface area (Å²) >= 11 is 3.40. The molecule has 4 nitrogen and oxygen atoms in total. The van der Waals surface area contributed by atoms with Crippen molar-refractivity contribution in [1.29, 1.82) is 0 Å². The minimum absolute atomic E-state index is 0.258. The number of rotatable bonds is 3. The predicted molar refractivity (Wildman–Crippen MR) is 77.3 cm³/mol. The molecule has 0 aliphatic rings. The van der Waals surface area contributed by atoms with Crippen LogP contribution >= 0.6 is 15.9 Å². The first kappa shape index (κ1) is 13.5. The zero-order valence-electron chi connectivity index (χ0n) is 10.6. The number of nitrogens with zero attached hydrogens (tertiary/aromatic N) is 1. The third-order valence-corrected chi connectivity index (χ3v) is 3.49. The average Bonchev–Trinajstić information content (AvgIpc) is 2.92. The second-order valence-corrected chi connectivity index (χ2v) is 4.93. The molecule has 2 rings (SSSR count). The van der Waals surface area contributed by atoms with Crippen LogP contribution in [0.25, 0.3) is 0 Å². The van der Waals surface area contributed by atoms with Gasteiger partial charge in [0.2, 0.25) is 0 Å². The fourth-order valence-electron chi connectivity index (χ4n) is 1.47. The molecule has 0 unspecified atom stereocenters. The van der Waals surface area contributed by atoms with E-state index < -0.39 is 0 Å². The molecule has 1 aromatic heterocycles. The fraction of sp³-hybridized carbons (Fsp3) is 0.143. The molecule has 98 valence electrons. The van der Waals surface area contributed by atoms with E-state index >= 15 is 0 Å². The van der Waals surface area contributed by atoms with Crippen LogP contribution in [0.2, 0.25) is 0 Å². The van der Waals surface area contributed by atoms with E-state index in [2.05, 4.69) is 26.5 Å². The van der Waals surface area contributed by atoms with E-state index in [1.165, 1.54) is 0 Å². The summed E-state index contributed by atoms with van der Waals surface area (Å²) in [5, 5.41) is 4.00. The van der Waals surface area contributed by atoms with Crippen molar-refractivity contribution in [3.63, 3.8) is 0 Å². The van der Waals surface area contributed by atoms with Crippen LogP contribution < -0.4 is 5.43 Å². The fourth-order valence-corrected chi connectivity index (χ4v) is 1.85. The maximum atomic E-state index is 11.9. The second-order valence-electron chi connectivity index (χ2n) is 4.08. The number of nitrogens with one attached hydrogen (secondary N) is 1. The number of hydrazone groups is 1. The highest BCUT2D eigenvalue weighted by Gasteiger charge is 2.07. The minimum atomic E-state index is -0.258. The van der Waals surface area contributed by atoms with Crippen LogP contribution in [0, 0.1) is 6.92 Å². The van der Waals surface area contributed by atoms with Gasteiger partial charge in [-0.15, -0.1) is 0 Å². The molecule has 1 amide bonds. The largest absolute Gasteiger partial charge is 0.463 e. The van der Waals surface area contributed by atoms with Crippen molar-refractivity contribution in [1.82, 2.24) is 5.43 Å². The van der Waals surface area contributed by atoms with Gasteiger partial charge in [0.25, 0.3) is 5.91 Å². The van der Waals surface area contributed by atoms with Crippen molar-refractivity contribution in [2.75, 3.05) is 0 Å². The average molecular weight is 321 g/mol. The molecule has 0 atom stereocenters. The molecule has 0 aliphatic heterocycles. The number of aryl methyl sites for hydroxylation is 1. The van der Waals surface area contributed by atoms with Gasteiger partial charge in [-0.3, -0.25) is 4.79 Å². The Kier molecular flexibility index (Phi) is 4.16. The summed E-state index contributed by atoms with van der Waals surface area (Å²) in [5.74, 6) is 0.372.